The number of carbonyl (C=O) groups is 1. The third-order valence-electron chi connectivity index (χ3n) is 5.22. The Balaban J connectivity index is 1.78. The SMILES string of the molecule is CCn1cc(C(=O)N2CCc3ccccc3C2)c(=O)c2cc(C)ccc21. The molecule has 0 atom stereocenters. The summed E-state index contributed by atoms with van der Waals surface area (Å²) in [5.74, 6) is -0.171. The second kappa shape index (κ2) is 6.45. The van der Waals surface area contributed by atoms with Gasteiger partial charge in [-0.05, 0) is 43.5 Å². The van der Waals surface area contributed by atoms with Crippen LogP contribution in [0.25, 0.3) is 10.9 Å². The Morgan fingerprint density at radius 2 is 1.88 bits per heavy atom. The van der Waals surface area contributed by atoms with Crippen LogP contribution < -0.4 is 5.43 Å². The van der Waals surface area contributed by atoms with Crippen molar-refractivity contribution in [2.45, 2.75) is 33.4 Å². The number of hydrogen-bond donors (Lipinski definition) is 0. The molecule has 4 rings (SSSR count). The summed E-state index contributed by atoms with van der Waals surface area (Å²) in [6, 6.07) is 14.0. The molecule has 0 bridgehead atoms. The molecule has 3 aromatic rings. The lowest BCUT2D eigenvalue weighted by molar-refractivity contribution is 0.0733. The van der Waals surface area contributed by atoms with Gasteiger partial charge in [0.25, 0.3) is 5.91 Å². The van der Waals surface area contributed by atoms with Gasteiger partial charge in [0, 0.05) is 31.2 Å². The number of aryl methyl sites for hydroxylation is 2. The van der Waals surface area contributed by atoms with Crippen molar-refractivity contribution in [3.63, 3.8) is 0 Å². The van der Waals surface area contributed by atoms with Gasteiger partial charge in [-0.2, -0.15) is 0 Å². The fourth-order valence-electron chi connectivity index (χ4n) is 3.76. The molecule has 0 radical (unpaired) electrons. The molecular formula is C22H22N2O2. The van der Waals surface area contributed by atoms with Crippen LogP contribution in [0, 0.1) is 6.92 Å². The standard InChI is InChI=1S/C22H22N2O2/c1-3-23-14-19(21(25)18-12-15(2)8-9-20(18)23)22(26)24-11-10-16-6-4-5-7-17(16)13-24/h4-9,12,14H,3,10-11,13H2,1-2H3. The minimum absolute atomic E-state index is 0.169. The lowest BCUT2D eigenvalue weighted by Gasteiger charge is -2.29. The van der Waals surface area contributed by atoms with Gasteiger partial charge in [-0.3, -0.25) is 9.59 Å². The van der Waals surface area contributed by atoms with Crippen LogP contribution in [-0.4, -0.2) is 21.9 Å². The molecule has 4 heteroatoms. The van der Waals surface area contributed by atoms with Crippen molar-refractivity contribution >= 4 is 16.8 Å². The molecule has 1 amide bonds. The summed E-state index contributed by atoms with van der Waals surface area (Å²) in [6.07, 6.45) is 2.55. The fraction of sp³-hybridized carbons (Fsp3) is 0.273. The summed E-state index contributed by atoms with van der Waals surface area (Å²) in [5, 5.41) is 0.620. The average molecular weight is 346 g/mol. The van der Waals surface area contributed by atoms with Crippen molar-refractivity contribution in [1.82, 2.24) is 9.47 Å². The number of rotatable bonds is 2. The molecule has 1 aliphatic rings. The molecule has 0 unspecified atom stereocenters. The zero-order valence-corrected chi connectivity index (χ0v) is 15.2. The summed E-state index contributed by atoms with van der Waals surface area (Å²) >= 11 is 0. The maximum atomic E-state index is 13.1. The lowest BCUT2D eigenvalue weighted by atomic mass is 9.99. The number of nitrogens with zero attached hydrogens (tertiary/aromatic N) is 2. The minimum atomic E-state index is -0.171. The van der Waals surface area contributed by atoms with Crippen LogP contribution in [0.5, 0.6) is 0 Å². The molecule has 1 aliphatic heterocycles. The predicted octanol–water partition coefficient (Wildman–Crippen LogP) is 3.53. The van der Waals surface area contributed by atoms with E-state index < -0.39 is 0 Å². The number of amides is 1. The summed E-state index contributed by atoms with van der Waals surface area (Å²) < 4.78 is 1.99. The first kappa shape index (κ1) is 16.6. The van der Waals surface area contributed by atoms with E-state index in [-0.39, 0.29) is 16.9 Å². The minimum Gasteiger partial charge on any atom is -0.347 e. The quantitative estimate of drug-likeness (QED) is 0.712. The third-order valence-corrected chi connectivity index (χ3v) is 5.22. The van der Waals surface area contributed by atoms with E-state index in [9.17, 15) is 9.59 Å². The van der Waals surface area contributed by atoms with E-state index in [4.69, 9.17) is 0 Å². The van der Waals surface area contributed by atoms with Crippen molar-refractivity contribution in [2.75, 3.05) is 6.54 Å². The first-order valence-corrected chi connectivity index (χ1v) is 9.08. The highest BCUT2D eigenvalue weighted by Gasteiger charge is 2.24. The zero-order chi connectivity index (χ0) is 18.3. The summed E-state index contributed by atoms with van der Waals surface area (Å²) in [5.41, 5.74) is 4.45. The Bertz CT molecular complexity index is 1070. The van der Waals surface area contributed by atoms with Gasteiger partial charge in [0.05, 0.1) is 5.52 Å². The highest BCUT2D eigenvalue weighted by Crippen LogP contribution is 2.21. The Hall–Kier alpha value is -2.88. The van der Waals surface area contributed by atoms with E-state index in [1.165, 1.54) is 11.1 Å². The molecule has 0 saturated heterocycles. The largest absolute Gasteiger partial charge is 0.347 e. The molecule has 0 N–H and O–H groups in total. The maximum absolute atomic E-state index is 13.1. The van der Waals surface area contributed by atoms with E-state index >= 15 is 0 Å². The molecule has 26 heavy (non-hydrogen) atoms. The maximum Gasteiger partial charge on any atom is 0.259 e. The Morgan fingerprint density at radius 3 is 2.65 bits per heavy atom. The van der Waals surface area contributed by atoms with Crippen molar-refractivity contribution in [3.05, 3.63) is 81.1 Å². The number of benzene rings is 2. The molecule has 1 aromatic heterocycles. The van der Waals surface area contributed by atoms with Crippen LogP contribution in [-0.2, 0) is 19.5 Å². The molecule has 4 nitrogen and oxygen atoms in total. The van der Waals surface area contributed by atoms with Gasteiger partial charge in [0.1, 0.15) is 5.56 Å². The molecule has 132 valence electrons. The number of carbonyl (C=O) groups excluding carboxylic acids is 1. The monoisotopic (exact) mass is 346 g/mol. The van der Waals surface area contributed by atoms with Crippen LogP contribution in [0.15, 0.2) is 53.5 Å². The highest BCUT2D eigenvalue weighted by molar-refractivity contribution is 5.97. The Labute approximate surface area is 152 Å². The molecule has 0 aliphatic carbocycles. The number of hydrogen-bond acceptors (Lipinski definition) is 2. The summed E-state index contributed by atoms with van der Waals surface area (Å²) in [4.78, 5) is 27.9. The second-order valence-electron chi connectivity index (χ2n) is 6.92. The van der Waals surface area contributed by atoms with E-state index in [1.807, 2.05) is 48.7 Å². The predicted molar refractivity (Wildman–Crippen MR) is 104 cm³/mol. The Kier molecular flexibility index (Phi) is 4.11. The highest BCUT2D eigenvalue weighted by atomic mass is 16.2. The van der Waals surface area contributed by atoms with Crippen LogP contribution in [0.2, 0.25) is 0 Å². The van der Waals surface area contributed by atoms with Gasteiger partial charge >= 0.3 is 0 Å². The van der Waals surface area contributed by atoms with E-state index in [2.05, 4.69) is 12.1 Å². The fourth-order valence-corrected chi connectivity index (χ4v) is 3.76. The van der Waals surface area contributed by atoms with Crippen molar-refractivity contribution in [1.29, 1.82) is 0 Å². The summed E-state index contributed by atoms with van der Waals surface area (Å²) in [7, 11) is 0. The van der Waals surface area contributed by atoms with Gasteiger partial charge in [-0.1, -0.05) is 35.9 Å². The molecule has 0 fully saturated rings. The number of fused-ring (bicyclic) bond motifs is 2. The first-order chi connectivity index (χ1) is 12.6. The van der Waals surface area contributed by atoms with Crippen molar-refractivity contribution < 1.29 is 4.79 Å². The van der Waals surface area contributed by atoms with Crippen LogP contribution >= 0.6 is 0 Å². The average Bonchev–Trinajstić information content (AvgIpc) is 2.67. The number of aromatic nitrogens is 1. The molecule has 0 saturated carbocycles. The Morgan fingerprint density at radius 1 is 1.12 bits per heavy atom. The third kappa shape index (κ3) is 2.71. The molecular weight excluding hydrogens is 324 g/mol. The van der Waals surface area contributed by atoms with E-state index in [0.717, 1.165) is 17.5 Å². The smallest absolute Gasteiger partial charge is 0.259 e. The normalized spacial score (nSPS) is 13.7. The van der Waals surface area contributed by atoms with Crippen LogP contribution in [0.3, 0.4) is 0 Å². The van der Waals surface area contributed by atoms with Gasteiger partial charge in [0.15, 0.2) is 0 Å². The topological polar surface area (TPSA) is 42.3 Å². The molecule has 2 heterocycles. The van der Waals surface area contributed by atoms with Crippen molar-refractivity contribution in [3.8, 4) is 0 Å². The van der Waals surface area contributed by atoms with Gasteiger partial charge in [0.2, 0.25) is 5.43 Å². The number of pyridine rings is 1. The summed E-state index contributed by atoms with van der Waals surface area (Å²) in [6.45, 7) is 5.91. The first-order valence-electron chi connectivity index (χ1n) is 9.08. The van der Waals surface area contributed by atoms with Crippen LogP contribution in [0.4, 0.5) is 0 Å². The lowest BCUT2D eigenvalue weighted by Crippen LogP contribution is -2.38. The van der Waals surface area contributed by atoms with E-state index in [1.54, 1.807) is 11.1 Å². The molecule has 2 aromatic carbocycles. The van der Waals surface area contributed by atoms with Gasteiger partial charge in [-0.25, -0.2) is 0 Å². The van der Waals surface area contributed by atoms with E-state index in [0.29, 0.717) is 25.0 Å². The van der Waals surface area contributed by atoms with Gasteiger partial charge < -0.3 is 9.47 Å². The van der Waals surface area contributed by atoms with Gasteiger partial charge in [-0.15, -0.1) is 0 Å². The zero-order valence-electron chi connectivity index (χ0n) is 15.2. The second-order valence-corrected chi connectivity index (χ2v) is 6.92. The molecule has 0 spiro atoms. The van der Waals surface area contributed by atoms with Crippen LogP contribution in [0.1, 0.15) is 34.0 Å². The van der Waals surface area contributed by atoms with Crippen molar-refractivity contribution in [2.24, 2.45) is 0 Å².